The van der Waals surface area contributed by atoms with E-state index in [-0.39, 0.29) is 17.6 Å². The Morgan fingerprint density at radius 1 is 1.41 bits per heavy atom. The third-order valence-corrected chi connectivity index (χ3v) is 3.47. The van der Waals surface area contributed by atoms with Gasteiger partial charge in [0.25, 0.3) is 0 Å². The van der Waals surface area contributed by atoms with E-state index >= 15 is 0 Å². The fraction of sp³-hybridized carbons (Fsp3) is 0.923. The largest absolute Gasteiger partial charge is 0.374 e. The zero-order chi connectivity index (χ0) is 12.9. The topological polar surface area (TPSA) is 50.4 Å². The average Bonchev–Trinajstić information content (AvgIpc) is 2.65. The summed E-state index contributed by atoms with van der Waals surface area (Å²) in [6, 6.07) is 0.225. The van der Waals surface area contributed by atoms with Crippen LogP contribution in [0.4, 0.5) is 0 Å². The van der Waals surface area contributed by atoms with Gasteiger partial charge in [-0.25, -0.2) is 0 Å². The maximum absolute atomic E-state index is 11.6. The van der Waals surface area contributed by atoms with Gasteiger partial charge in [0.05, 0.1) is 12.1 Å². The Kier molecular flexibility index (Phi) is 5.40. The molecule has 1 rings (SSSR count). The molecule has 0 saturated carbocycles. The summed E-state index contributed by atoms with van der Waals surface area (Å²) in [6.45, 7) is 10.3. The molecule has 1 saturated heterocycles. The quantitative estimate of drug-likeness (QED) is 0.738. The lowest BCUT2D eigenvalue weighted by atomic mass is 10.0. The van der Waals surface area contributed by atoms with Crippen molar-refractivity contribution in [2.75, 3.05) is 19.7 Å². The molecule has 100 valence electrons. The SMILES string of the molecule is CC(C)C(C)NC(=O)CNCC1(C)CCCO1. The minimum Gasteiger partial charge on any atom is -0.374 e. The van der Waals surface area contributed by atoms with Crippen LogP contribution in [-0.4, -0.2) is 37.2 Å². The van der Waals surface area contributed by atoms with Crippen LogP contribution in [0.5, 0.6) is 0 Å². The van der Waals surface area contributed by atoms with Crippen molar-refractivity contribution in [1.82, 2.24) is 10.6 Å². The van der Waals surface area contributed by atoms with Crippen LogP contribution in [-0.2, 0) is 9.53 Å². The molecule has 17 heavy (non-hydrogen) atoms. The highest BCUT2D eigenvalue weighted by molar-refractivity contribution is 5.78. The lowest BCUT2D eigenvalue weighted by Crippen LogP contribution is -2.45. The molecule has 1 aliphatic rings. The van der Waals surface area contributed by atoms with Gasteiger partial charge in [-0.05, 0) is 32.6 Å². The molecule has 2 N–H and O–H groups in total. The van der Waals surface area contributed by atoms with Crippen LogP contribution < -0.4 is 10.6 Å². The first-order valence-corrected chi connectivity index (χ1v) is 6.57. The molecular formula is C13H26N2O2. The number of nitrogens with one attached hydrogen (secondary N) is 2. The molecule has 2 atom stereocenters. The summed E-state index contributed by atoms with van der Waals surface area (Å²) in [5.41, 5.74) is -0.0794. The highest BCUT2D eigenvalue weighted by Gasteiger charge is 2.29. The summed E-state index contributed by atoms with van der Waals surface area (Å²) in [5, 5.41) is 6.15. The standard InChI is InChI=1S/C13H26N2O2/c1-10(2)11(3)15-12(16)8-14-9-13(4)6-5-7-17-13/h10-11,14H,5-9H2,1-4H3,(H,15,16). The van der Waals surface area contributed by atoms with Gasteiger partial charge in [-0.3, -0.25) is 4.79 Å². The number of hydrogen-bond donors (Lipinski definition) is 2. The van der Waals surface area contributed by atoms with E-state index in [4.69, 9.17) is 4.74 Å². The molecule has 0 radical (unpaired) electrons. The number of ether oxygens (including phenoxy) is 1. The molecule has 1 aliphatic heterocycles. The van der Waals surface area contributed by atoms with Crippen LogP contribution in [0, 0.1) is 5.92 Å². The number of amides is 1. The number of carbonyl (C=O) groups is 1. The summed E-state index contributed by atoms with van der Waals surface area (Å²) < 4.78 is 5.65. The van der Waals surface area contributed by atoms with Gasteiger partial charge in [-0.2, -0.15) is 0 Å². The maximum Gasteiger partial charge on any atom is 0.234 e. The van der Waals surface area contributed by atoms with Gasteiger partial charge in [0, 0.05) is 19.2 Å². The van der Waals surface area contributed by atoms with Gasteiger partial charge in [-0.15, -0.1) is 0 Å². The molecule has 0 aromatic carbocycles. The fourth-order valence-corrected chi connectivity index (χ4v) is 1.89. The van der Waals surface area contributed by atoms with Crippen molar-refractivity contribution in [3.05, 3.63) is 0 Å². The van der Waals surface area contributed by atoms with Crippen LogP contribution in [0.1, 0.15) is 40.5 Å². The molecule has 1 amide bonds. The fourth-order valence-electron chi connectivity index (χ4n) is 1.89. The molecule has 4 heteroatoms. The van der Waals surface area contributed by atoms with Crippen molar-refractivity contribution in [2.24, 2.45) is 5.92 Å². The first kappa shape index (κ1) is 14.5. The van der Waals surface area contributed by atoms with Crippen LogP contribution in [0.15, 0.2) is 0 Å². The molecule has 0 aliphatic carbocycles. The highest BCUT2D eigenvalue weighted by atomic mass is 16.5. The number of rotatable bonds is 6. The first-order chi connectivity index (χ1) is 7.93. The second kappa shape index (κ2) is 6.36. The second-order valence-corrected chi connectivity index (χ2v) is 5.61. The second-order valence-electron chi connectivity index (χ2n) is 5.61. The number of carbonyl (C=O) groups excluding carboxylic acids is 1. The molecule has 0 spiro atoms. The maximum atomic E-state index is 11.6. The molecule has 1 heterocycles. The Hall–Kier alpha value is -0.610. The van der Waals surface area contributed by atoms with E-state index in [0.717, 1.165) is 26.0 Å². The van der Waals surface area contributed by atoms with E-state index in [1.54, 1.807) is 0 Å². The zero-order valence-corrected chi connectivity index (χ0v) is 11.5. The third kappa shape index (κ3) is 5.04. The summed E-state index contributed by atoms with van der Waals surface area (Å²) in [6.07, 6.45) is 2.19. The Bertz CT molecular complexity index is 248. The van der Waals surface area contributed by atoms with Crippen molar-refractivity contribution >= 4 is 5.91 Å². The zero-order valence-electron chi connectivity index (χ0n) is 11.5. The van der Waals surface area contributed by atoms with Gasteiger partial charge in [0.1, 0.15) is 0 Å². The monoisotopic (exact) mass is 242 g/mol. The summed E-state index contributed by atoms with van der Waals surface area (Å²) in [7, 11) is 0. The van der Waals surface area contributed by atoms with Gasteiger partial charge in [0.15, 0.2) is 0 Å². The van der Waals surface area contributed by atoms with Gasteiger partial charge in [-0.1, -0.05) is 13.8 Å². The van der Waals surface area contributed by atoms with E-state index in [1.165, 1.54) is 0 Å². The van der Waals surface area contributed by atoms with Crippen LogP contribution in [0.2, 0.25) is 0 Å². The molecule has 1 fully saturated rings. The highest BCUT2D eigenvalue weighted by Crippen LogP contribution is 2.23. The molecule has 4 nitrogen and oxygen atoms in total. The van der Waals surface area contributed by atoms with Crippen LogP contribution in [0.25, 0.3) is 0 Å². The summed E-state index contributed by atoms with van der Waals surface area (Å²) in [5.74, 6) is 0.530. The molecular weight excluding hydrogens is 216 g/mol. The van der Waals surface area contributed by atoms with E-state index < -0.39 is 0 Å². The Labute approximate surface area is 104 Å². The third-order valence-electron chi connectivity index (χ3n) is 3.47. The normalized spacial score (nSPS) is 26.2. The van der Waals surface area contributed by atoms with Gasteiger partial charge in [0.2, 0.25) is 5.91 Å². The number of hydrogen-bond acceptors (Lipinski definition) is 3. The van der Waals surface area contributed by atoms with Crippen LogP contribution in [0.3, 0.4) is 0 Å². The minimum absolute atomic E-state index is 0.0628. The summed E-state index contributed by atoms with van der Waals surface area (Å²) in [4.78, 5) is 11.6. The Balaban J connectivity index is 2.16. The lowest BCUT2D eigenvalue weighted by molar-refractivity contribution is -0.121. The van der Waals surface area contributed by atoms with Gasteiger partial charge >= 0.3 is 0 Å². The van der Waals surface area contributed by atoms with Crippen molar-refractivity contribution < 1.29 is 9.53 Å². The van der Waals surface area contributed by atoms with Crippen molar-refractivity contribution in [1.29, 1.82) is 0 Å². The van der Waals surface area contributed by atoms with Crippen LogP contribution >= 0.6 is 0 Å². The van der Waals surface area contributed by atoms with E-state index in [0.29, 0.717) is 12.5 Å². The van der Waals surface area contributed by atoms with E-state index in [9.17, 15) is 4.79 Å². The molecule has 0 bridgehead atoms. The van der Waals surface area contributed by atoms with E-state index in [1.807, 2.05) is 6.92 Å². The molecule has 0 aromatic rings. The summed E-state index contributed by atoms with van der Waals surface area (Å²) >= 11 is 0. The predicted octanol–water partition coefficient (Wildman–Crippen LogP) is 1.31. The molecule has 2 unspecified atom stereocenters. The minimum atomic E-state index is -0.0794. The lowest BCUT2D eigenvalue weighted by Gasteiger charge is -2.24. The molecule has 0 aromatic heterocycles. The Morgan fingerprint density at radius 2 is 2.12 bits per heavy atom. The average molecular weight is 242 g/mol. The smallest absolute Gasteiger partial charge is 0.234 e. The predicted molar refractivity (Wildman–Crippen MR) is 68.9 cm³/mol. The van der Waals surface area contributed by atoms with Gasteiger partial charge < -0.3 is 15.4 Å². The van der Waals surface area contributed by atoms with Crippen molar-refractivity contribution in [3.8, 4) is 0 Å². The first-order valence-electron chi connectivity index (χ1n) is 6.57. The Morgan fingerprint density at radius 3 is 2.65 bits per heavy atom. The van der Waals surface area contributed by atoms with Crippen molar-refractivity contribution in [2.45, 2.75) is 52.2 Å². The van der Waals surface area contributed by atoms with Crippen molar-refractivity contribution in [3.63, 3.8) is 0 Å². The van der Waals surface area contributed by atoms with E-state index in [2.05, 4.69) is 31.4 Å².